The molecule has 0 radical (unpaired) electrons. The summed E-state index contributed by atoms with van der Waals surface area (Å²) in [5.74, 6) is 0. The topological polar surface area (TPSA) is 54.3 Å². The maximum absolute atomic E-state index is 5.87. The number of imidazole rings is 2. The second kappa shape index (κ2) is 19.4. The number of benzene rings is 14. The standard InChI is InChI=1S/C86H52N8/c1-5-21-57(22-6-1)89-69-33-17-13-29-61(69)63-49-53(37-41-71(63)89)55-39-43-73-65(51-55)81-77(91(73)59-25-9-3-10-26-59)45-47-79-83(81)85-87-67-31-15-20-36-76(67)94(85)80-48-46-78-82(84(80)86-88-68-32-16-19-35-75(68)93(79)86)66-52-56(40-44-74(66)92(78)60-27-11-4-12-28-60)54-38-42-72-64(50-54)62-30-14-18-34-70(62)90(72)58-23-7-2-8-24-58/h1-52H. The first kappa shape index (κ1) is 51.0. The van der Waals surface area contributed by atoms with Crippen LogP contribution in [0.25, 0.3) is 187 Å². The van der Waals surface area contributed by atoms with E-state index in [4.69, 9.17) is 9.97 Å². The van der Waals surface area contributed by atoms with E-state index in [1.807, 2.05) is 0 Å². The van der Waals surface area contributed by atoms with Crippen LogP contribution in [0.15, 0.2) is 315 Å². The van der Waals surface area contributed by atoms with E-state index >= 15 is 0 Å². The summed E-state index contributed by atoms with van der Waals surface area (Å²) in [6.07, 6.45) is 0. The van der Waals surface area contributed by atoms with Crippen molar-refractivity contribution >= 4 is 142 Å². The van der Waals surface area contributed by atoms with Gasteiger partial charge in [0.2, 0.25) is 0 Å². The minimum absolute atomic E-state index is 0.856. The Morgan fingerprint density at radius 3 is 0.819 bits per heavy atom. The van der Waals surface area contributed by atoms with Gasteiger partial charge in [0.15, 0.2) is 0 Å². The zero-order chi connectivity index (χ0) is 61.3. The predicted molar refractivity (Wildman–Crippen MR) is 391 cm³/mol. The van der Waals surface area contributed by atoms with Crippen molar-refractivity contribution in [1.29, 1.82) is 0 Å². The molecule has 0 aliphatic heterocycles. The van der Waals surface area contributed by atoms with Gasteiger partial charge in [-0.3, -0.25) is 8.80 Å². The van der Waals surface area contributed by atoms with E-state index < -0.39 is 0 Å². The van der Waals surface area contributed by atoms with Gasteiger partial charge in [-0.25, -0.2) is 9.97 Å². The van der Waals surface area contributed by atoms with Crippen LogP contribution in [0, 0.1) is 0 Å². The molecule has 0 atom stereocenters. The lowest BCUT2D eigenvalue weighted by Crippen LogP contribution is -1.97. The molecule has 0 fully saturated rings. The number of para-hydroxylation sites is 10. The maximum atomic E-state index is 5.87. The monoisotopic (exact) mass is 1200 g/mol. The lowest BCUT2D eigenvalue weighted by atomic mass is 9.99. The predicted octanol–water partition coefficient (Wildman–Crippen LogP) is 21.9. The van der Waals surface area contributed by atoms with Gasteiger partial charge >= 0.3 is 0 Å². The molecule has 14 aromatic carbocycles. The highest BCUT2D eigenvalue weighted by molar-refractivity contribution is 6.29. The minimum atomic E-state index is 0.856. The lowest BCUT2D eigenvalue weighted by Gasteiger charge is -2.12. The number of aromatic nitrogens is 8. The highest BCUT2D eigenvalue weighted by atomic mass is 15.1. The van der Waals surface area contributed by atoms with E-state index in [9.17, 15) is 0 Å². The van der Waals surface area contributed by atoms with Crippen molar-refractivity contribution in [3.8, 4) is 45.0 Å². The van der Waals surface area contributed by atoms with E-state index in [1.165, 1.54) is 43.6 Å². The Kier molecular flexibility index (Phi) is 10.5. The Balaban J connectivity index is 0.905. The third kappa shape index (κ3) is 7.10. The van der Waals surface area contributed by atoms with Crippen molar-refractivity contribution in [3.05, 3.63) is 315 Å². The molecule has 0 saturated carbocycles. The van der Waals surface area contributed by atoms with Crippen molar-refractivity contribution in [3.63, 3.8) is 0 Å². The summed E-state index contributed by atoms with van der Waals surface area (Å²) in [5.41, 5.74) is 25.6. The van der Waals surface area contributed by atoms with Crippen molar-refractivity contribution < 1.29 is 0 Å². The molecular formula is C86H52N8. The highest BCUT2D eigenvalue weighted by Gasteiger charge is 2.26. The molecule has 0 spiro atoms. The number of fused-ring (bicyclic) bond motifs is 26. The zero-order valence-electron chi connectivity index (χ0n) is 50.6. The van der Waals surface area contributed by atoms with Crippen LogP contribution in [0.5, 0.6) is 0 Å². The molecule has 8 nitrogen and oxygen atoms in total. The molecule has 7 heterocycles. The average molecular weight is 1200 g/mol. The molecule has 0 amide bonds. The van der Waals surface area contributed by atoms with Crippen molar-refractivity contribution in [2.75, 3.05) is 0 Å². The molecule has 0 bridgehead atoms. The van der Waals surface area contributed by atoms with Crippen LogP contribution in [0.1, 0.15) is 0 Å². The minimum Gasteiger partial charge on any atom is -0.309 e. The van der Waals surface area contributed by atoms with E-state index in [2.05, 4.69) is 343 Å². The van der Waals surface area contributed by atoms with Crippen LogP contribution in [-0.2, 0) is 0 Å². The Morgan fingerprint density at radius 1 is 0.181 bits per heavy atom. The van der Waals surface area contributed by atoms with Crippen LogP contribution >= 0.6 is 0 Å². The van der Waals surface area contributed by atoms with Crippen molar-refractivity contribution in [2.45, 2.75) is 0 Å². The first-order valence-electron chi connectivity index (χ1n) is 32.1. The second-order valence-electron chi connectivity index (χ2n) is 24.9. The summed E-state index contributed by atoms with van der Waals surface area (Å²) >= 11 is 0. The van der Waals surface area contributed by atoms with Crippen LogP contribution < -0.4 is 0 Å². The Labute approximate surface area is 536 Å². The highest BCUT2D eigenvalue weighted by Crippen LogP contribution is 2.47. The fraction of sp³-hybridized carbons (Fsp3) is 0. The number of hydrogen-bond acceptors (Lipinski definition) is 2. The lowest BCUT2D eigenvalue weighted by molar-refractivity contribution is 1.18. The molecule has 7 aromatic heterocycles. The summed E-state index contributed by atoms with van der Waals surface area (Å²) < 4.78 is 14.6. The fourth-order valence-corrected chi connectivity index (χ4v) is 16.0. The number of nitrogens with zero attached hydrogens (tertiary/aromatic N) is 8. The molecule has 21 aromatic rings. The maximum Gasteiger partial charge on any atom is 0.148 e. The van der Waals surface area contributed by atoms with Gasteiger partial charge in [0, 0.05) is 65.8 Å². The van der Waals surface area contributed by atoms with Crippen molar-refractivity contribution in [1.82, 2.24) is 37.0 Å². The van der Waals surface area contributed by atoms with E-state index in [0.29, 0.717) is 0 Å². The molecule has 0 aliphatic carbocycles. The first-order chi connectivity index (χ1) is 46.7. The van der Waals surface area contributed by atoms with Gasteiger partial charge in [-0.15, -0.1) is 0 Å². The molecular weight excluding hydrogens is 1150 g/mol. The molecule has 0 aliphatic rings. The SMILES string of the molecule is c1ccc(-n2c3ccccc3c3cc(-c4ccc5c(c4)c4c6c(ccc4n5-c4ccccc4)n4c5ccccc5nc4c4c5c7cc(-c8ccc9c(c8)c8ccccc8n9-c8ccccc8)ccc7n(-c7ccccc7)c5ccc4n4c5ccccc5nc64)ccc32)cc1. The smallest absolute Gasteiger partial charge is 0.148 e. The Hall–Kier alpha value is -12.8. The van der Waals surface area contributed by atoms with Gasteiger partial charge in [-0.05, 0) is 180 Å². The Morgan fingerprint density at radius 2 is 0.447 bits per heavy atom. The normalized spacial score (nSPS) is 12.3. The molecule has 0 unspecified atom stereocenters. The quantitative estimate of drug-likeness (QED) is 0.167. The third-order valence-corrected chi connectivity index (χ3v) is 19.9. The number of rotatable bonds is 6. The first-order valence-corrected chi connectivity index (χ1v) is 32.1. The Bertz CT molecular complexity index is 6410. The molecule has 436 valence electrons. The second-order valence-corrected chi connectivity index (χ2v) is 24.9. The average Bonchev–Trinajstić information content (AvgIpc) is 1.51. The summed E-state index contributed by atoms with van der Waals surface area (Å²) in [6.45, 7) is 0. The summed E-state index contributed by atoms with van der Waals surface area (Å²) in [6, 6.07) is 115. The fourth-order valence-electron chi connectivity index (χ4n) is 16.0. The summed E-state index contributed by atoms with van der Waals surface area (Å²) in [5, 5.41) is 11.4. The molecule has 0 N–H and O–H groups in total. The summed E-state index contributed by atoms with van der Waals surface area (Å²) in [7, 11) is 0. The molecule has 94 heavy (non-hydrogen) atoms. The van der Waals surface area contributed by atoms with Crippen LogP contribution in [-0.4, -0.2) is 37.0 Å². The van der Waals surface area contributed by atoms with E-state index in [0.717, 1.165) is 144 Å². The largest absolute Gasteiger partial charge is 0.309 e. The number of hydrogen-bond donors (Lipinski definition) is 0. The molecule has 8 heteroatoms. The van der Waals surface area contributed by atoms with E-state index in [-0.39, 0.29) is 0 Å². The van der Waals surface area contributed by atoms with Gasteiger partial charge in [-0.2, -0.15) is 0 Å². The van der Waals surface area contributed by atoms with Gasteiger partial charge in [-0.1, -0.05) is 158 Å². The third-order valence-electron chi connectivity index (χ3n) is 19.9. The van der Waals surface area contributed by atoms with Crippen LogP contribution in [0.4, 0.5) is 0 Å². The van der Waals surface area contributed by atoms with Gasteiger partial charge in [0.05, 0.1) is 88.0 Å². The van der Waals surface area contributed by atoms with Crippen LogP contribution in [0.3, 0.4) is 0 Å². The van der Waals surface area contributed by atoms with Gasteiger partial charge in [0.25, 0.3) is 0 Å². The van der Waals surface area contributed by atoms with Gasteiger partial charge < -0.3 is 18.3 Å². The van der Waals surface area contributed by atoms with E-state index in [1.54, 1.807) is 0 Å². The van der Waals surface area contributed by atoms with Crippen molar-refractivity contribution in [2.24, 2.45) is 0 Å². The molecule has 0 saturated heterocycles. The van der Waals surface area contributed by atoms with Crippen LogP contribution in [0.2, 0.25) is 0 Å². The van der Waals surface area contributed by atoms with Gasteiger partial charge in [0.1, 0.15) is 11.3 Å². The zero-order valence-corrected chi connectivity index (χ0v) is 50.6. The molecule has 21 rings (SSSR count). The summed E-state index contributed by atoms with van der Waals surface area (Å²) in [4.78, 5) is 11.7.